The van der Waals surface area contributed by atoms with E-state index >= 15 is 0 Å². The molecule has 0 spiro atoms. The summed E-state index contributed by atoms with van der Waals surface area (Å²) in [7, 11) is 4.96. The van der Waals surface area contributed by atoms with Crippen molar-refractivity contribution in [1.29, 1.82) is 0 Å². The monoisotopic (exact) mass is 253 g/mol. The molecular formula is C11H19N5O2. The number of hydrogen-bond acceptors (Lipinski definition) is 5. The van der Waals surface area contributed by atoms with Crippen LogP contribution in [0.3, 0.4) is 0 Å². The van der Waals surface area contributed by atoms with Gasteiger partial charge in [-0.1, -0.05) is 0 Å². The van der Waals surface area contributed by atoms with Crippen LogP contribution in [-0.2, 0) is 14.1 Å². The van der Waals surface area contributed by atoms with Gasteiger partial charge in [0.25, 0.3) is 5.56 Å². The van der Waals surface area contributed by atoms with E-state index in [0.29, 0.717) is 11.9 Å². The maximum atomic E-state index is 12.1. The Morgan fingerprint density at radius 2 is 2.06 bits per heavy atom. The van der Waals surface area contributed by atoms with E-state index in [1.165, 1.54) is 11.7 Å². The summed E-state index contributed by atoms with van der Waals surface area (Å²) in [5.41, 5.74) is -0.722. The maximum absolute atomic E-state index is 12.1. The minimum Gasteiger partial charge on any atom is -0.349 e. The van der Waals surface area contributed by atoms with E-state index in [4.69, 9.17) is 0 Å². The van der Waals surface area contributed by atoms with E-state index in [1.807, 2.05) is 11.9 Å². The lowest BCUT2D eigenvalue weighted by Gasteiger charge is -2.32. The van der Waals surface area contributed by atoms with Gasteiger partial charge in [0, 0.05) is 33.2 Å². The van der Waals surface area contributed by atoms with Crippen molar-refractivity contribution in [1.82, 2.24) is 19.7 Å². The molecule has 7 nitrogen and oxygen atoms in total. The van der Waals surface area contributed by atoms with Crippen molar-refractivity contribution >= 4 is 5.82 Å². The van der Waals surface area contributed by atoms with Crippen LogP contribution in [0.25, 0.3) is 0 Å². The molecule has 0 saturated carbocycles. The van der Waals surface area contributed by atoms with Crippen molar-refractivity contribution in [2.45, 2.75) is 18.9 Å². The van der Waals surface area contributed by atoms with Gasteiger partial charge < -0.3 is 10.2 Å². The number of rotatable bonds is 2. The number of nitrogens with one attached hydrogen (secondary N) is 1. The fourth-order valence-corrected chi connectivity index (χ4v) is 2.29. The zero-order chi connectivity index (χ0) is 13.3. The van der Waals surface area contributed by atoms with Gasteiger partial charge in [0.05, 0.1) is 0 Å². The predicted molar refractivity (Wildman–Crippen MR) is 69.0 cm³/mol. The lowest BCUT2D eigenvalue weighted by atomic mass is 10.1. The molecule has 1 aliphatic rings. The summed E-state index contributed by atoms with van der Waals surface area (Å²) in [4.78, 5) is 25.6. The lowest BCUT2D eigenvalue weighted by molar-refractivity contribution is 0.441. The molecule has 1 atom stereocenters. The molecule has 100 valence electrons. The van der Waals surface area contributed by atoms with Crippen LogP contribution in [0.1, 0.15) is 12.8 Å². The second-order valence-electron chi connectivity index (χ2n) is 4.67. The van der Waals surface area contributed by atoms with Gasteiger partial charge in [-0.3, -0.25) is 9.36 Å². The average molecular weight is 253 g/mol. The minimum atomic E-state index is -0.397. The van der Waals surface area contributed by atoms with Crippen LogP contribution in [0.5, 0.6) is 0 Å². The number of aryl methyl sites for hydroxylation is 1. The molecule has 1 N–H and O–H groups in total. The zero-order valence-electron chi connectivity index (χ0n) is 11.0. The first kappa shape index (κ1) is 12.8. The molecule has 2 rings (SSSR count). The third kappa shape index (κ3) is 2.17. The fraction of sp³-hybridized carbons (Fsp3) is 0.727. The normalized spacial score (nSPS) is 20.2. The van der Waals surface area contributed by atoms with E-state index in [1.54, 1.807) is 7.05 Å². The van der Waals surface area contributed by atoms with E-state index in [2.05, 4.69) is 10.4 Å². The number of anilines is 1. The fourth-order valence-electron chi connectivity index (χ4n) is 2.29. The molecule has 1 saturated heterocycles. The Bertz CT molecular complexity index is 547. The Morgan fingerprint density at radius 1 is 1.33 bits per heavy atom. The van der Waals surface area contributed by atoms with Crippen molar-refractivity contribution in [2.75, 3.05) is 25.0 Å². The SMILES string of the molecule is CNC1CCCN(c2nn(C)c(=O)n(C)c2=O)C1. The van der Waals surface area contributed by atoms with Gasteiger partial charge in [0.15, 0.2) is 0 Å². The van der Waals surface area contributed by atoms with Gasteiger partial charge >= 0.3 is 5.69 Å². The van der Waals surface area contributed by atoms with Crippen LogP contribution in [0.2, 0.25) is 0 Å². The van der Waals surface area contributed by atoms with Crippen molar-refractivity contribution in [2.24, 2.45) is 14.1 Å². The minimum absolute atomic E-state index is 0.324. The molecule has 1 aromatic heterocycles. The summed E-state index contributed by atoms with van der Waals surface area (Å²) in [6.07, 6.45) is 2.11. The van der Waals surface area contributed by atoms with Crippen molar-refractivity contribution in [3.05, 3.63) is 20.8 Å². The molecule has 0 radical (unpaired) electrons. The molecule has 1 aromatic rings. The Hall–Kier alpha value is -1.63. The predicted octanol–water partition coefficient (Wildman–Crippen LogP) is -1.33. The zero-order valence-corrected chi connectivity index (χ0v) is 11.0. The Morgan fingerprint density at radius 3 is 2.72 bits per heavy atom. The Kier molecular flexibility index (Phi) is 3.51. The summed E-state index contributed by atoms with van der Waals surface area (Å²) < 4.78 is 2.31. The van der Waals surface area contributed by atoms with Crippen LogP contribution < -0.4 is 21.5 Å². The number of nitrogens with zero attached hydrogens (tertiary/aromatic N) is 4. The molecule has 0 aliphatic carbocycles. The smallest absolute Gasteiger partial charge is 0.346 e. The van der Waals surface area contributed by atoms with Gasteiger partial charge in [-0.05, 0) is 19.9 Å². The van der Waals surface area contributed by atoms with Crippen LogP contribution >= 0.6 is 0 Å². The second kappa shape index (κ2) is 4.93. The topological polar surface area (TPSA) is 72.2 Å². The lowest BCUT2D eigenvalue weighted by Crippen LogP contribution is -2.49. The molecule has 7 heteroatoms. The Labute approximate surface area is 105 Å². The van der Waals surface area contributed by atoms with Gasteiger partial charge in [0.1, 0.15) is 0 Å². The van der Waals surface area contributed by atoms with Gasteiger partial charge in [0.2, 0.25) is 5.82 Å². The van der Waals surface area contributed by atoms with Gasteiger partial charge in [-0.15, -0.1) is 5.10 Å². The largest absolute Gasteiger partial charge is 0.349 e. The molecule has 0 amide bonds. The summed E-state index contributed by atoms with van der Waals surface area (Å²) in [5, 5.41) is 7.31. The standard InChI is InChI=1S/C11H19N5O2/c1-12-8-5-4-6-16(7-8)9-10(17)14(2)11(18)15(3)13-9/h8,12H,4-7H2,1-3H3. The number of piperidine rings is 1. The first-order valence-corrected chi connectivity index (χ1v) is 6.11. The summed E-state index contributed by atoms with van der Waals surface area (Å²) >= 11 is 0. The van der Waals surface area contributed by atoms with Crippen molar-refractivity contribution in [3.8, 4) is 0 Å². The van der Waals surface area contributed by atoms with E-state index in [0.717, 1.165) is 30.5 Å². The molecular weight excluding hydrogens is 234 g/mol. The first-order valence-electron chi connectivity index (χ1n) is 6.11. The molecule has 18 heavy (non-hydrogen) atoms. The highest BCUT2D eigenvalue weighted by Crippen LogP contribution is 2.13. The van der Waals surface area contributed by atoms with Crippen molar-refractivity contribution < 1.29 is 0 Å². The highest BCUT2D eigenvalue weighted by Gasteiger charge is 2.23. The first-order chi connectivity index (χ1) is 8.54. The molecule has 0 bridgehead atoms. The van der Waals surface area contributed by atoms with Gasteiger partial charge in [-0.2, -0.15) is 0 Å². The van der Waals surface area contributed by atoms with Crippen LogP contribution in [0.15, 0.2) is 9.59 Å². The molecule has 1 aliphatic heterocycles. The number of aromatic nitrogens is 3. The Balaban J connectivity index is 2.39. The second-order valence-corrected chi connectivity index (χ2v) is 4.67. The summed E-state index contributed by atoms with van der Waals surface area (Å²) in [6, 6.07) is 0.363. The third-order valence-corrected chi connectivity index (χ3v) is 3.43. The van der Waals surface area contributed by atoms with E-state index in [9.17, 15) is 9.59 Å². The quantitative estimate of drug-likeness (QED) is 0.707. The van der Waals surface area contributed by atoms with Gasteiger partial charge in [-0.25, -0.2) is 9.48 Å². The maximum Gasteiger partial charge on any atom is 0.346 e. The van der Waals surface area contributed by atoms with Crippen LogP contribution in [-0.4, -0.2) is 40.5 Å². The number of likely N-dealkylation sites (N-methyl/N-ethyl adjacent to an activating group) is 1. The molecule has 1 unspecified atom stereocenters. The highest BCUT2D eigenvalue weighted by atomic mass is 16.2. The molecule has 2 heterocycles. The van der Waals surface area contributed by atoms with Crippen molar-refractivity contribution in [3.63, 3.8) is 0 Å². The molecule has 1 fully saturated rings. The highest BCUT2D eigenvalue weighted by molar-refractivity contribution is 5.35. The molecule has 0 aromatic carbocycles. The summed E-state index contributed by atoms with van der Waals surface area (Å²) in [5.74, 6) is 0.361. The van der Waals surface area contributed by atoms with E-state index < -0.39 is 5.69 Å². The van der Waals surface area contributed by atoms with Crippen LogP contribution in [0.4, 0.5) is 5.82 Å². The average Bonchev–Trinajstić information content (AvgIpc) is 2.40. The third-order valence-electron chi connectivity index (χ3n) is 3.43. The summed E-state index contributed by atoms with van der Waals surface area (Å²) in [6.45, 7) is 1.55. The van der Waals surface area contributed by atoms with E-state index in [-0.39, 0.29) is 5.56 Å². The number of hydrogen-bond donors (Lipinski definition) is 1. The van der Waals surface area contributed by atoms with Crippen LogP contribution in [0, 0.1) is 0 Å².